The Bertz CT molecular complexity index is 1170. The van der Waals surface area contributed by atoms with E-state index in [2.05, 4.69) is 25.9 Å². The normalized spacial score (nSPS) is 12.2. The second-order valence-corrected chi connectivity index (χ2v) is 7.77. The molecular formula is C21H15BrF6N2O2. The molecule has 170 valence electrons. The first-order chi connectivity index (χ1) is 14.8. The minimum atomic E-state index is -4.94. The van der Waals surface area contributed by atoms with Gasteiger partial charge in [0.25, 0.3) is 0 Å². The second kappa shape index (κ2) is 8.61. The first-order valence-electron chi connectivity index (χ1n) is 9.04. The molecule has 0 aliphatic carbocycles. The largest absolute Gasteiger partial charge is 0.473 e. The maximum Gasteiger partial charge on any atom is 0.416 e. The van der Waals surface area contributed by atoms with E-state index >= 15 is 0 Å². The number of ether oxygens (including phenoxy) is 1. The fraction of sp³-hybridized carbons (Fsp3) is 0.238. The van der Waals surface area contributed by atoms with E-state index in [1.165, 1.54) is 18.3 Å². The van der Waals surface area contributed by atoms with Crippen molar-refractivity contribution in [1.82, 2.24) is 9.97 Å². The first-order valence-corrected chi connectivity index (χ1v) is 9.83. The molecule has 0 atom stereocenters. The van der Waals surface area contributed by atoms with Crippen LogP contribution in [0.3, 0.4) is 0 Å². The average molecular weight is 521 g/mol. The number of hydrogen-bond acceptors (Lipinski definition) is 3. The minimum absolute atomic E-state index is 0.0278. The summed E-state index contributed by atoms with van der Waals surface area (Å²) in [6.07, 6.45) is -8.55. The van der Waals surface area contributed by atoms with Gasteiger partial charge in [0.2, 0.25) is 11.3 Å². The van der Waals surface area contributed by atoms with Gasteiger partial charge in [0.05, 0.1) is 21.2 Å². The monoisotopic (exact) mass is 520 g/mol. The van der Waals surface area contributed by atoms with Crippen molar-refractivity contribution in [3.63, 3.8) is 0 Å². The summed E-state index contributed by atoms with van der Waals surface area (Å²) in [4.78, 5) is 19.6. The maximum absolute atomic E-state index is 13.0. The number of aryl methyl sites for hydroxylation is 2. The Labute approximate surface area is 186 Å². The van der Waals surface area contributed by atoms with Crippen LogP contribution in [0.4, 0.5) is 26.3 Å². The molecule has 0 aliphatic heterocycles. The van der Waals surface area contributed by atoms with Crippen molar-refractivity contribution in [2.75, 3.05) is 0 Å². The Kier molecular flexibility index (Phi) is 6.41. The Morgan fingerprint density at radius 2 is 1.56 bits per heavy atom. The van der Waals surface area contributed by atoms with E-state index in [1.54, 1.807) is 13.8 Å². The average Bonchev–Trinajstić information content (AvgIpc) is 2.70. The van der Waals surface area contributed by atoms with E-state index in [0.717, 1.165) is 0 Å². The molecule has 32 heavy (non-hydrogen) atoms. The van der Waals surface area contributed by atoms with E-state index in [4.69, 9.17) is 4.74 Å². The molecule has 0 bridgehead atoms. The third-order valence-electron chi connectivity index (χ3n) is 4.56. The summed E-state index contributed by atoms with van der Waals surface area (Å²) in [5.41, 5.74) is -1.31. The van der Waals surface area contributed by atoms with Gasteiger partial charge in [-0.3, -0.25) is 4.79 Å². The zero-order valence-electron chi connectivity index (χ0n) is 16.6. The van der Waals surface area contributed by atoms with E-state index in [-0.39, 0.29) is 22.9 Å². The molecule has 0 saturated carbocycles. The minimum Gasteiger partial charge on any atom is -0.473 e. The van der Waals surface area contributed by atoms with Crippen LogP contribution < -0.4 is 10.2 Å². The summed E-state index contributed by atoms with van der Waals surface area (Å²) in [5, 5.41) is 0. The van der Waals surface area contributed by atoms with Gasteiger partial charge in [-0.15, -0.1) is 0 Å². The van der Waals surface area contributed by atoms with E-state index in [9.17, 15) is 31.1 Å². The number of H-pyrrole nitrogens is 1. The first kappa shape index (κ1) is 23.8. The highest BCUT2D eigenvalue weighted by Crippen LogP contribution is 2.36. The fourth-order valence-electron chi connectivity index (χ4n) is 3.07. The zero-order valence-corrected chi connectivity index (χ0v) is 18.2. The van der Waals surface area contributed by atoms with E-state index in [1.807, 2.05) is 0 Å². The third-order valence-corrected chi connectivity index (χ3v) is 5.52. The highest BCUT2D eigenvalue weighted by Gasteiger charge is 2.36. The summed E-state index contributed by atoms with van der Waals surface area (Å²) < 4.78 is 83.5. The van der Waals surface area contributed by atoms with Crippen molar-refractivity contribution < 1.29 is 31.1 Å². The van der Waals surface area contributed by atoms with Crippen molar-refractivity contribution in [2.24, 2.45) is 0 Å². The van der Waals surface area contributed by atoms with Crippen molar-refractivity contribution >= 4 is 15.9 Å². The summed E-state index contributed by atoms with van der Waals surface area (Å²) >= 11 is 3.22. The second-order valence-electron chi connectivity index (χ2n) is 6.98. The zero-order chi connectivity index (χ0) is 23.8. The van der Waals surface area contributed by atoms with Crippen LogP contribution in [-0.4, -0.2) is 9.97 Å². The smallest absolute Gasteiger partial charge is 0.416 e. The highest BCUT2D eigenvalue weighted by atomic mass is 79.9. The summed E-state index contributed by atoms with van der Waals surface area (Å²) in [7, 11) is 0. The molecule has 0 fully saturated rings. The van der Waals surface area contributed by atoms with Crippen LogP contribution in [-0.2, 0) is 19.0 Å². The topological polar surface area (TPSA) is 55.0 Å². The Morgan fingerprint density at radius 3 is 2.06 bits per heavy atom. The Morgan fingerprint density at radius 1 is 0.969 bits per heavy atom. The Balaban J connectivity index is 1.85. The lowest BCUT2D eigenvalue weighted by Gasteiger charge is -2.14. The van der Waals surface area contributed by atoms with Gasteiger partial charge >= 0.3 is 12.4 Å². The van der Waals surface area contributed by atoms with Crippen LogP contribution >= 0.6 is 15.9 Å². The van der Waals surface area contributed by atoms with E-state index < -0.39 is 30.1 Å². The summed E-state index contributed by atoms with van der Waals surface area (Å²) in [6, 6.07) is 4.14. The highest BCUT2D eigenvalue weighted by molar-refractivity contribution is 9.10. The molecule has 0 amide bonds. The number of nitrogens with one attached hydrogen (secondary N) is 1. The number of nitrogens with zero attached hydrogens (tertiary/aromatic N) is 1. The Hall–Kier alpha value is -2.82. The van der Waals surface area contributed by atoms with Crippen LogP contribution in [0.1, 0.15) is 28.1 Å². The van der Waals surface area contributed by atoms with Gasteiger partial charge in [-0.2, -0.15) is 26.3 Å². The molecule has 0 aliphatic rings. The van der Waals surface area contributed by atoms with Gasteiger partial charge in [-0.25, -0.2) is 4.98 Å². The van der Waals surface area contributed by atoms with Crippen molar-refractivity contribution in [1.29, 1.82) is 0 Å². The maximum atomic E-state index is 13.0. The van der Waals surface area contributed by atoms with Gasteiger partial charge in [-0.05, 0) is 59.6 Å². The molecule has 11 heteroatoms. The SMILES string of the molecule is Cc1[nH]c(C)c(-c2ccc(OCc3cc(C(F)(F)F)cc(C(F)(F)F)c3)nc2)c(=O)c1Br. The number of aromatic amines is 1. The van der Waals surface area contributed by atoms with Gasteiger partial charge in [0, 0.05) is 29.2 Å². The lowest BCUT2D eigenvalue weighted by molar-refractivity contribution is -0.143. The van der Waals surface area contributed by atoms with Crippen LogP contribution in [0.5, 0.6) is 5.88 Å². The molecule has 1 aromatic carbocycles. The number of alkyl halides is 6. The number of rotatable bonds is 4. The molecule has 3 aromatic rings. The van der Waals surface area contributed by atoms with Crippen molar-refractivity contribution in [3.8, 4) is 17.0 Å². The van der Waals surface area contributed by atoms with Gasteiger partial charge in [0.1, 0.15) is 6.61 Å². The van der Waals surface area contributed by atoms with Crippen LogP contribution in [0, 0.1) is 13.8 Å². The van der Waals surface area contributed by atoms with Gasteiger partial charge < -0.3 is 9.72 Å². The van der Waals surface area contributed by atoms with Crippen molar-refractivity contribution in [3.05, 3.63) is 79.3 Å². The van der Waals surface area contributed by atoms with Gasteiger partial charge in [0.15, 0.2) is 0 Å². The molecular weight excluding hydrogens is 506 g/mol. The number of aromatic nitrogens is 2. The predicted octanol–water partition coefficient (Wildman–Crippen LogP) is 6.43. The fourth-order valence-corrected chi connectivity index (χ4v) is 3.37. The quantitative estimate of drug-likeness (QED) is 0.403. The molecule has 0 saturated heterocycles. The summed E-state index contributed by atoms with van der Waals surface area (Å²) in [6.45, 7) is 2.89. The number of pyridine rings is 2. The van der Waals surface area contributed by atoms with E-state index in [0.29, 0.717) is 39.1 Å². The third kappa shape index (κ3) is 5.14. The summed E-state index contributed by atoms with van der Waals surface area (Å²) in [5.74, 6) is -0.0278. The number of halogens is 7. The van der Waals surface area contributed by atoms with Crippen LogP contribution in [0.25, 0.3) is 11.1 Å². The molecule has 0 spiro atoms. The molecule has 1 N–H and O–H groups in total. The lowest BCUT2D eigenvalue weighted by Crippen LogP contribution is -2.13. The predicted molar refractivity (Wildman–Crippen MR) is 108 cm³/mol. The standard InChI is InChI=1S/C21H15BrF6N2O2/c1-10-17(19(31)18(22)11(2)30-10)13-3-4-16(29-8-13)32-9-12-5-14(20(23,24)25)7-15(6-12)21(26,27)28/h3-8H,9H2,1-2H3,(H,30,31). The molecule has 4 nitrogen and oxygen atoms in total. The molecule has 2 heterocycles. The molecule has 0 radical (unpaired) electrons. The lowest BCUT2D eigenvalue weighted by atomic mass is 10.1. The van der Waals surface area contributed by atoms with Crippen LogP contribution in [0.15, 0.2) is 45.8 Å². The number of benzene rings is 1. The van der Waals surface area contributed by atoms with Gasteiger partial charge in [-0.1, -0.05) is 0 Å². The van der Waals surface area contributed by atoms with Crippen LogP contribution in [0.2, 0.25) is 0 Å². The molecule has 3 rings (SSSR count). The van der Waals surface area contributed by atoms with Crippen molar-refractivity contribution in [2.45, 2.75) is 32.8 Å². The molecule has 0 unspecified atom stereocenters. The molecule has 2 aromatic heterocycles. The number of hydrogen-bond donors (Lipinski definition) is 1.